The van der Waals surface area contributed by atoms with Gasteiger partial charge in [0.2, 0.25) is 0 Å². The second-order valence-electron chi connectivity index (χ2n) is 6.63. The lowest BCUT2D eigenvalue weighted by Crippen LogP contribution is -2.29. The van der Waals surface area contributed by atoms with Crippen molar-refractivity contribution in [1.29, 1.82) is 0 Å². The maximum absolute atomic E-state index is 13.5. The Labute approximate surface area is 157 Å². The third kappa shape index (κ3) is 3.61. The molecule has 4 nitrogen and oxygen atoms in total. The molecule has 1 aromatic rings. The number of ether oxygens (including phenoxy) is 1. The number of carbonyl (C=O) groups excluding carboxylic acids is 1. The lowest BCUT2D eigenvalue weighted by atomic mass is 9.83. The highest BCUT2D eigenvalue weighted by atomic mass is 35.5. The van der Waals surface area contributed by atoms with E-state index in [1.54, 1.807) is 6.92 Å². The van der Waals surface area contributed by atoms with E-state index in [9.17, 15) is 9.18 Å². The lowest BCUT2D eigenvalue weighted by molar-refractivity contribution is -0.139. The standard InChI is InChI=1S/C20H20ClFN2O2/c1-4-16-18(20(25)26-10-12-5-6-12)17(19(23-3)11(2)24-16)14-8-7-13(22)9-15(14)21/h7-9,12,17,24H,4-6,10H2,1-2H3. The number of allylic oxidation sites excluding steroid dienone is 3. The smallest absolute Gasteiger partial charge is 0.335 e. The summed E-state index contributed by atoms with van der Waals surface area (Å²) in [4.78, 5) is 16.5. The van der Waals surface area contributed by atoms with Gasteiger partial charge in [0.15, 0.2) is 5.70 Å². The zero-order valence-corrected chi connectivity index (χ0v) is 15.5. The Bertz CT molecular complexity index is 850. The summed E-state index contributed by atoms with van der Waals surface area (Å²) in [5.41, 5.74) is 2.67. The van der Waals surface area contributed by atoms with E-state index in [0.717, 1.165) is 12.8 Å². The van der Waals surface area contributed by atoms with Crippen LogP contribution < -0.4 is 5.32 Å². The Hall–Kier alpha value is -2.32. The summed E-state index contributed by atoms with van der Waals surface area (Å²) in [5.74, 6) is -1.13. The number of rotatable bonds is 5. The first-order chi connectivity index (χ1) is 12.5. The highest BCUT2D eigenvalue weighted by Crippen LogP contribution is 2.43. The zero-order chi connectivity index (χ0) is 18.8. The molecular formula is C20H20ClFN2O2. The molecule has 0 radical (unpaired) electrons. The molecule has 1 atom stereocenters. The molecule has 1 aliphatic carbocycles. The number of dihydropyridines is 1. The van der Waals surface area contributed by atoms with Crippen molar-refractivity contribution < 1.29 is 13.9 Å². The van der Waals surface area contributed by atoms with Gasteiger partial charge in [0.25, 0.3) is 0 Å². The topological polar surface area (TPSA) is 42.7 Å². The van der Waals surface area contributed by atoms with Crippen molar-refractivity contribution >= 4 is 17.6 Å². The Morgan fingerprint density at radius 3 is 2.77 bits per heavy atom. The van der Waals surface area contributed by atoms with Crippen LogP contribution in [-0.4, -0.2) is 12.6 Å². The Morgan fingerprint density at radius 2 is 2.19 bits per heavy atom. The summed E-state index contributed by atoms with van der Waals surface area (Å²) in [6.45, 7) is 11.7. The number of nitrogens with zero attached hydrogens (tertiary/aromatic N) is 1. The van der Waals surface area contributed by atoms with Crippen molar-refractivity contribution in [2.45, 2.75) is 39.0 Å². The lowest BCUT2D eigenvalue weighted by Gasteiger charge is -2.30. The van der Waals surface area contributed by atoms with Crippen LogP contribution in [0.1, 0.15) is 44.6 Å². The average molecular weight is 375 g/mol. The van der Waals surface area contributed by atoms with Gasteiger partial charge in [0.05, 0.1) is 24.7 Å². The largest absolute Gasteiger partial charge is 0.462 e. The summed E-state index contributed by atoms with van der Waals surface area (Å²) in [7, 11) is 0. The van der Waals surface area contributed by atoms with Crippen molar-refractivity contribution in [2.75, 3.05) is 6.61 Å². The average Bonchev–Trinajstić information content (AvgIpc) is 3.43. The summed E-state index contributed by atoms with van der Waals surface area (Å²) in [6.07, 6.45) is 2.72. The molecule has 0 bridgehead atoms. The molecule has 1 aliphatic heterocycles. The first kappa shape index (κ1) is 18.5. The number of halogens is 2. The fourth-order valence-corrected chi connectivity index (χ4v) is 3.42. The molecule has 6 heteroatoms. The van der Waals surface area contributed by atoms with Crippen LogP contribution in [-0.2, 0) is 9.53 Å². The first-order valence-corrected chi connectivity index (χ1v) is 9.04. The molecule has 0 spiro atoms. The van der Waals surface area contributed by atoms with E-state index >= 15 is 0 Å². The molecule has 1 heterocycles. The molecule has 1 saturated carbocycles. The van der Waals surface area contributed by atoms with E-state index < -0.39 is 17.7 Å². The van der Waals surface area contributed by atoms with Gasteiger partial charge in [0.1, 0.15) is 5.82 Å². The van der Waals surface area contributed by atoms with Crippen molar-refractivity contribution in [1.82, 2.24) is 5.32 Å². The molecule has 1 N–H and O–H groups in total. The maximum Gasteiger partial charge on any atom is 0.335 e. The Balaban J connectivity index is 2.08. The van der Waals surface area contributed by atoms with Crippen LogP contribution in [0.4, 0.5) is 4.39 Å². The fourth-order valence-electron chi connectivity index (χ4n) is 3.15. The second kappa shape index (κ2) is 7.51. The van der Waals surface area contributed by atoms with Gasteiger partial charge in [-0.25, -0.2) is 14.0 Å². The molecule has 3 rings (SSSR count). The van der Waals surface area contributed by atoms with Crippen LogP contribution >= 0.6 is 11.6 Å². The summed E-state index contributed by atoms with van der Waals surface area (Å²) < 4.78 is 19.0. The van der Waals surface area contributed by atoms with Crippen LogP contribution in [0.15, 0.2) is 40.9 Å². The third-order valence-electron chi connectivity index (χ3n) is 4.72. The zero-order valence-electron chi connectivity index (χ0n) is 14.7. The van der Waals surface area contributed by atoms with Crippen molar-refractivity contribution in [3.8, 4) is 0 Å². The Morgan fingerprint density at radius 1 is 1.46 bits per heavy atom. The van der Waals surface area contributed by atoms with E-state index in [4.69, 9.17) is 22.9 Å². The summed E-state index contributed by atoms with van der Waals surface area (Å²) >= 11 is 6.27. The van der Waals surface area contributed by atoms with Crippen LogP contribution in [0.5, 0.6) is 0 Å². The van der Waals surface area contributed by atoms with E-state index in [1.807, 2.05) is 6.92 Å². The Kier molecular flexibility index (Phi) is 5.33. The van der Waals surface area contributed by atoms with Gasteiger partial charge in [0, 0.05) is 16.4 Å². The van der Waals surface area contributed by atoms with Crippen LogP contribution in [0, 0.1) is 18.3 Å². The highest BCUT2D eigenvalue weighted by molar-refractivity contribution is 6.31. The number of esters is 1. The predicted octanol–water partition coefficient (Wildman–Crippen LogP) is 4.93. The minimum Gasteiger partial charge on any atom is -0.462 e. The number of nitrogens with one attached hydrogen (secondary N) is 1. The number of carbonyl (C=O) groups is 1. The van der Waals surface area contributed by atoms with Crippen molar-refractivity contribution in [2.24, 2.45) is 5.92 Å². The number of hydrogen-bond acceptors (Lipinski definition) is 3. The van der Waals surface area contributed by atoms with Crippen molar-refractivity contribution in [3.05, 3.63) is 68.7 Å². The quantitative estimate of drug-likeness (QED) is 0.586. The van der Waals surface area contributed by atoms with E-state index in [-0.39, 0.29) is 5.02 Å². The van der Waals surface area contributed by atoms with E-state index in [0.29, 0.717) is 47.2 Å². The molecule has 136 valence electrons. The maximum atomic E-state index is 13.5. The van der Waals surface area contributed by atoms with Gasteiger partial charge in [-0.05, 0) is 49.8 Å². The van der Waals surface area contributed by atoms with Gasteiger partial charge in [-0.1, -0.05) is 24.6 Å². The third-order valence-corrected chi connectivity index (χ3v) is 5.05. The van der Waals surface area contributed by atoms with Crippen LogP contribution in [0.3, 0.4) is 0 Å². The van der Waals surface area contributed by atoms with E-state index in [2.05, 4.69) is 10.2 Å². The second-order valence-corrected chi connectivity index (χ2v) is 7.04. The molecule has 0 saturated heterocycles. The predicted molar refractivity (Wildman–Crippen MR) is 97.6 cm³/mol. The van der Waals surface area contributed by atoms with E-state index in [1.165, 1.54) is 18.2 Å². The van der Waals surface area contributed by atoms with Gasteiger partial charge < -0.3 is 10.1 Å². The molecule has 1 fully saturated rings. The van der Waals surface area contributed by atoms with Crippen LogP contribution in [0.25, 0.3) is 4.85 Å². The normalized spacial score (nSPS) is 19.9. The summed E-state index contributed by atoms with van der Waals surface area (Å²) in [6, 6.07) is 4.03. The van der Waals surface area contributed by atoms with Gasteiger partial charge in [-0.15, -0.1) is 0 Å². The molecule has 0 amide bonds. The molecule has 2 aliphatic rings. The monoisotopic (exact) mass is 374 g/mol. The van der Waals surface area contributed by atoms with Crippen LogP contribution in [0.2, 0.25) is 5.02 Å². The molecule has 26 heavy (non-hydrogen) atoms. The van der Waals surface area contributed by atoms with Crippen molar-refractivity contribution in [3.63, 3.8) is 0 Å². The minimum atomic E-state index is -0.663. The first-order valence-electron chi connectivity index (χ1n) is 8.66. The number of hydrogen-bond donors (Lipinski definition) is 1. The molecule has 1 unspecified atom stereocenters. The fraction of sp³-hybridized carbons (Fsp3) is 0.400. The SMILES string of the molecule is [C-]#[N+]C1=C(C)NC(CC)=C(C(=O)OCC2CC2)C1c1ccc(F)cc1Cl. The number of benzene rings is 1. The molecular weight excluding hydrogens is 355 g/mol. The molecule has 1 aromatic carbocycles. The van der Waals surface area contributed by atoms with Gasteiger partial charge in [-0.3, -0.25) is 0 Å². The van der Waals surface area contributed by atoms with Gasteiger partial charge in [-0.2, -0.15) is 0 Å². The summed E-state index contributed by atoms with van der Waals surface area (Å²) in [5, 5.41) is 3.35. The highest BCUT2D eigenvalue weighted by Gasteiger charge is 2.37. The van der Waals surface area contributed by atoms with Gasteiger partial charge >= 0.3 is 5.97 Å². The minimum absolute atomic E-state index is 0.189. The molecule has 0 aromatic heterocycles.